The Morgan fingerprint density at radius 1 is 1.25 bits per heavy atom. The summed E-state index contributed by atoms with van der Waals surface area (Å²) in [7, 11) is 3.57. The van der Waals surface area contributed by atoms with Gasteiger partial charge in [0.15, 0.2) is 0 Å². The van der Waals surface area contributed by atoms with Gasteiger partial charge in [-0.2, -0.15) is 4.98 Å². The van der Waals surface area contributed by atoms with E-state index in [-0.39, 0.29) is 11.5 Å². The molecule has 0 unspecified atom stereocenters. The van der Waals surface area contributed by atoms with Crippen molar-refractivity contribution in [1.29, 1.82) is 0 Å². The van der Waals surface area contributed by atoms with Gasteiger partial charge in [-0.05, 0) is 44.0 Å². The number of pyridine rings is 1. The number of likely N-dealkylation sites (tertiary alicyclic amines) is 1. The van der Waals surface area contributed by atoms with Crippen LogP contribution >= 0.6 is 11.6 Å². The molecule has 0 aliphatic carbocycles. The summed E-state index contributed by atoms with van der Waals surface area (Å²) in [5, 5.41) is 4.56. The first-order valence-electron chi connectivity index (χ1n) is 10.7. The maximum Gasteiger partial charge on any atom is 0.257 e. The second-order valence-electron chi connectivity index (χ2n) is 8.38. The van der Waals surface area contributed by atoms with Crippen LogP contribution in [0, 0.1) is 5.92 Å². The van der Waals surface area contributed by atoms with Crippen LogP contribution in [0.5, 0.6) is 0 Å². The Labute approximate surface area is 191 Å². The Morgan fingerprint density at radius 2 is 2.00 bits per heavy atom. The highest BCUT2D eigenvalue weighted by Gasteiger charge is 2.21. The second-order valence-corrected chi connectivity index (χ2v) is 8.79. The lowest BCUT2D eigenvalue weighted by Gasteiger charge is -2.32. The van der Waals surface area contributed by atoms with E-state index < -0.39 is 0 Å². The molecule has 8 nitrogen and oxygen atoms in total. The van der Waals surface area contributed by atoms with Gasteiger partial charge in [0.1, 0.15) is 5.65 Å². The summed E-state index contributed by atoms with van der Waals surface area (Å²) >= 11 is 6.25. The van der Waals surface area contributed by atoms with Gasteiger partial charge in [-0.1, -0.05) is 29.8 Å². The molecular weight excluding hydrogens is 428 g/mol. The normalized spacial score (nSPS) is 15.1. The summed E-state index contributed by atoms with van der Waals surface area (Å²) in [6.07, 6.45) is 3.73. The number of hydrogen-bond acceptors (Lipinski definition) is 6. The molecule has 9 heteroatoms. The van der Waals surface area contributed by atoms with Crippen LogP contribution in [0.2, 0.25) is 5.02 Å². The number of rotatable bonds is 6. The summed E-state index contributed by atoms with van der Waals surface area (Å²) in [4.78, 5) is 40.1. The van der Waals surface area contributed by atoms with Crippen molar-refractivity contribution in [2.45, 2.75) is 12.8 Å². The molecule has 0 bridgehead atoms. The number of halogens is 1. The number of nitrogens with zero attached hydrogens (tertiary/aromatic N) is 4. The van der Waals surface area contributed by atoms with E-state index >= 15 is 0 Å². The number of piperidine rings is 1. The minimum Gasteiger partial charge on any atom is -0.354 e. The fourth-order valence-electron chi connectivity index (χ4n) is 3.87. The quantitative estimate of drug-likeness (QED) is 0.594. The SMILES string of the molecule is CN(C)C(=O)CN1CCC(CNc2ncc3cc(-c4ccccc4Cl)c(=O)[nH]c3n2)CC1. The van der Waals surface area contributed by atoms with E-state index in [1.165, 1.54) is 0 Å². The molecule has 3 aromatic rings. The molecule has 3 heterocycles. The maximum absolute atomic E-state index is 12.6. The van der Waals surface area contributed by atoms with Gasteiger partial charge in [0.2, 0.25) is 11.9 Å². The van der Waals surface area contributed by atoms with Gasteiger partial charge in [0.25, 0.3) is 5.56 Å². The number of carbonyl (C=O) groups excluding carboxylic acids is 1. The molecule has 0 atom stereocenters. The molecule has 1 fully saturated rings. The predicted octanol–water partition coefficient (Wildman–Crippen LogP) is 2.85. The number of fused-ring (bicyclic) bond motifs is 1. The number of carbonyl (C=O) groups is 1. The van der Waals surface area contributed by atoms with Gasteiger partial charge in [0.05, 0.1) is 6.54 Å². The number of amides is 1. The molecule has 1 aliphatic heterocycles. The Morgan fingerprint density at radius 3 is 2.72 bits per heavy atom. The Kier molecular flexibility index (Phi) is 6.72. The molecule has 1 aromatic carbocycles. The highest BCUT2D eigenvalue weighted by molar-refractivity contribution is 6.33. The highest BCUT2D eigenvalue weighted by Crippen LogP contribution is 2.26. The monoisotopic (exact) mass is 454 g/mol. The van der Waals surface area contributed by atoms with E-state index in [1.807, 2.05) is 18.2 Å². The first-order valence-corrected chi connectivity index (χ1v) is 11.1. The lowest BCUT2D eigenvalue weighted by Crippen LogP contribution is -2.42. The van der Waals surface area contributed by atoms with Crippen molar-refractivity contribution < 1.29 is 4.79 Å². The lowest BCUT2D eigenvalue weighted by atomic mass is 9.97. The Hall–Kier alpha value is -2.97. The van der Waals surface area contributed by atoms with Crippen molar-refractivity contribution in [2.24, 2.45) is 5.92 Å². The standard InChI is InChI=1S/C23H27ClN6O2/c1-29(2)20(31)14-30-9-7-15(8-10-30)12-25-23-26-13-16-11-18(22(32)27-21(16)28-23)17-5-3-4-6-19(17)24/h3-6,11,13,15H,7-10,12,14H2,1-2H3,(H2,25,26,27,28,32). The Balaban J connectivity index is 1.39. The van der Waals surface area contributed by atoms with Crippen molar-refractivity contribution >= 4 is 34.5 Å². The number of H-pyrrole nitrogens is 1. The molecule has 2 aromatic heterocycles. The molecule has 1 amide bonds. The van der Waals surface area contributed by atoms with Crippen LogP contribution in [0.4, 0.5) is 5.95 Å². The summed E-state index contributed by atoms with van der Waals surface area (Å²) in [6, 6.07) is 9.02. The van der Waals surface area contributed by atoms with Gasteiger partial charge < -0.3 is 15.2 Å². The number of hydrogen-bond donors (Lipinski definition) is 2. The van der Waals surface area contributed by atoms with E-state index in [0.29, 0.717) is 40.2 Å². The van der Waals surface area contributed by atoms with Gasteiger partial charge in [-0.15, -0.1) is 0 Å². The number of aromatic amines is 1. The number of likely N-dealkylation sites (N-methyl/N-ethyl adjacent to an activating group) is 1. The first-order chi connectivity index (χ1) is 15.4. The summed E-state index contributed by atoms with van der Waals surface area (Å²) < 4.78 is 0. The summed E-state index contributed by atoms with van der Waals surface area (Å²) in [6.45, 7) is 3.04. The average molecular weight is 455 g/mol. The molecule has 168 valence electrons. The number of nitrogens with one attached hydrogen (secondary N) is 2. The number of benzene rings is 1. The van der Waals surface area contributed by atoms with Gasteiger partial charge in [0, 0.05) is 48.4 Å². The zero-order chi connectivity index (χ0) is 22.7. The van der Waals surface area contributed by atoms with Crippen LogP contribution in [0.3, 0.4) is 0 Å². The third kappa shape index (κ3) is 5.08. The van der Waals surface area contributed by atoms with Crippen molar-refractivity contribution in [1.82, 2.24) is 24.8 Å². The third-order valence-electron chi connectivity index (χ3n) is 5.87. The topological polar surface area (TPSA) is 94.2 Å². The summed E-state index contributed by atoms with van der Waals surface area (Å²) in [5.41, 5.74) is 1.42. The van der Waals surface area contributed by atoms with Crippen LogP contribution in [-0.2, 0) is 4.79 Å². The van der Waals surface area contributed by atoms with Gasteiger partial charge >= 0.3 is 0 Å². The highest BCUT2D eigenvalue weighted by atomic mass is 35.5. The minimum atomic E-state index is -0.241. The van der Waals surface area contributed by atoms with E-state index in [0.717, 1.165) is 37.9 Å². The minimum absolute atomic E-state index is 0.137. The van der Waals surface area contributed by atoms with Crippen LogP contribution in [0.1, 0.15) is 12.8 Å². The van der Waals surface area contributed by atoms with Crippen molar-refractivity contribution in [3.05, 3.63) is 51.9 Å². The lowest BCUT2D eigenvalue weighted by molar-refractivity contribution is -0.130. The number of anilines is 1. The molecule has 2 N–H and O–H groups in total. The van der Waals surface area contributed by atoms with Crippen LogP contribution in [0.15, 0.2) is 41.3 Å². The molecular formula is C23H27ClN6O2. The van der Waals surface area contributed by atoms with Crippen molar-refractivity contribution in [3.63, 3.8) is 0 Å². The molecule has 0 spiro atoms. The van der Waals surface area contributed by atoms with Gasteiger partial charge in [-0.3, -0.25) is 14.5 Å². The van der Waals surface area contributed by atoms with Gasteiger partial charge in [-0.25, -0.2) is 4.98 Å². The Bertz CT molecular complexity index is 1170. The fraction of sp³-hybridized carbons (Fsp3) is 0.391. The third-order valence-corrected chi connectivity index (χ3v) is 6.20. The van der Waals surface area contributed by atoms with E-state index in [1.54, 1.807) is 37.3 Å². The van der Waals surface area contributed by atoms with Crippen LogP contribution in [0.25, 0.3) is 22.2 Å². The first kappa shape index (κ1) is 22.2. The van der Waals surface area contributed by atoms with Crippen LogP contribution < -0.4 is 10.9 Å². The molecule has 4 rings (SSSR count). The van der Waals surface area contributed by atoms with Crippen molar-refractivity contribution in [2.75, 3.05) is 45.6 Å². The number of aromatic nitrogens is 3. The fourth-order valence-corrected chi connectivity index (χ4v) is 4.11. The molecule has 0 saturated carbocycles. The smallest absolute Gasteiger partial charge is 0.257 e. The molecule has 0 radical (unpaired) electrons. The van der Waals surface area contributed by atoms with E-state index in [4.69, 9.17) is 11.6 Å². The predicted molar refractivity (Wildman–Crippen MR) is 127 cm³/mol. The maximum atomic E-state index is 12.6. The molecule has 1 saturated heterocycles. The van der Waals surface area contributed by atoms with E-state index in [2.05, 4.69) is 25.2 Å². The average Bonchev–Trinajstić information content (AvgIpc) is 2.78. The zero-order valence-electron chi connectivity index (χ0n) is 18.3. The van der Waals surface area contributed by atoms with Crippen LogP contribution in [-0.4, -0.2) is 70.9 Å². The largest absolute Gasteiger partial charge is 0.354 e. The summed E-state index contributed by atoms with van der Waals surface area (Å²) in [5.74, 6) is 1.11. The second kappa shape index (κ2) is 9.67. The zero-order valence-corrected chi connectivity index (χ0v) is 19.0. The van der Waals surface area contributed by atoms with Crippen molar-refractivity contribution in [3.8, 4) is 11.1 Å². The molecule has 32 heavy (non-hydrogen) atoms. The molecule has 1 aliphatic rings. The van der Waals surface area contributed by atoms with E-state index in [9.17, 15) is 9.59 Å².